The number of benzene rings is 1. The van der Waals surface area contributed by atoms with E-state index in [1.54, 1.807) is 11.4 Å². The average Bonchev–Trinajstić information content (AvgIpc) is 2.76. The molecule has 0 aliphatic rings. The number of hydrogen-bond acceptors (Lipinski definition) is 4. The van der Waals surface area contributed by atoms with Crippen molar-refractivity contribution in [1.82, 2.24) is 0 Å². The van der Waals surface area contributed by atoms with Crippen LogP contribution in [0.1, 0.15) is 10.4 Å². The van der Waals surface area contributed by atoms with E-state index in [2.05, 4.69) is 20.7 Å². The predicted octanol–water partition coefficient (Wildman–Crippen LogP) is 3.01. The number of anilines is 1. The summed E-state index contributed by atoms with van der Waals surface area (Å²) in [5.41, 5.74) is 0.227. The van der Waals surface area contributed by atoms with E-state index in [0.29, 0.717) is 4.47 Å². The van der Waals surface area contributed by atoms with E-state index in [1.807, 2.05) is 0 Å². The van der Waals surface area contributed by atoms with Gasteiger partial charge in [-0.15, -0.1) is 11.3 Å². The van der Waals surface area contributed by atoms with Gasteiger partial charge in [0.2, 0.25) is 0 Å². The van der Waals surface area contributed by atoms with Crippen molar-refractivity contribution >= 4 is 48.9 Å². The maximum atomic E-state index is 12.1. The zero-order chi connectivity index (χ0) is 14.0. The molecule has 0 amide bonds. The Kier molecular flexibility index (Phi) is 3.93. The van der Waals surface area contributed by atoms with Crippen LogP contribution in [0.4, 0.5) is 5.69 Å². The van der Waals surface area contributed by atoms with Gasteiger partial charge in [-0.05, 0) is 45.6 Å². The van der Waals surface area contributed by atoms with Crippen molar-refractivity contribution in [2.75, 3.05) is 4.72 Å². The molecule has 0 saturated heterocycles. The molecule has 0 aliphatic carbocycles. The molecule has 1 heterocycles. The standard InChI is InChI=1S/C11H8BrNO4S2/c12-9-4-5-18-11(9)19(16,17)13-8-3-1-2-7(6-8)10(14)15/h1-6,13H,(H,14,15). The highest BCUT2D eigenvalue weighted by Gasteiger charge is 2.19. The van der Waals surface area contributed by atoms with Gasteiger partial charge in [-0.3, -0.25) is 4.72 Å². The van der Waals surface area contributed by atoms with E-state index in [9.17, 15) is 13.2 Å². The number of halogens is 1. The molecular formula is C11H8BrNO4S2. The van der Waals surface area contributed by atoms with Gasteiger partial charge >= 0.3 is 5.97 Å². The number of thiophene rings is 1. The molecule has 0 bridgehead atoms. The highest BCUT2D eigenvalue weighted by atomic mass is 79.9. The fraction of sp³-hybridized carbons (Fsp3) is 0. The lowest BCUT2D eigenvalue weighted by Crippen LogP contribution is -2.12. The van der Waals surface area contributed by atoms with Crippen LogP contribution in [0.25, 0.3) is 0 Å². The van der Waals surface area contributed by atoms with Gasteiger partial charge in [0, 0.05) is 10.2 Å². The molecule has 1 aromatic heterocycles. The fourth-order valence-corrected chi connectivity index (χ4v) is 4.78. The lowest BCUT2D eigenvalue weighted by atomic mass is 10.2. The van der Waals surface area contributed by atoms with Crippen molar-refractivity contribution in [2.45, 2.75) is 4.21 Å². The number of rotatable bonds is 4. The van der Waals surface area contributed by atoms with Crippen molar-refractivity contribution in [2.24, 2.45) is 0 Å². The Hall–Kier alpha value is -1.38. The lowest BCUT2D eigenvalue weighted by Gasteiger charge is -2.07. The summed E-state index contributed by atoms with van der Waals surface area (Å²) in [5, 5.41) is 10.5. The summed E-state index contributed by atoms with van der Waals surface area (Å²) in [6.07, 6.45) is 0. The molecule has 0 fully saturated rings. The highest BCUT2D eigenvalue weighted by Crippen LogP contribution is 2.29. The summed E-state index contributed by atoms with van der Waals surface area (Å²) in [7, 11) is -3.71. The maximum absolute atomic E-state index is 12.1. The minimum Gasteiger partial charge on any atom is -0.478 e. The van der Waals surface area contributed by atoms with E-state index >= 15 is 0 Å². The highest BCUT2D eigenvalue weighted by molar-refractivity contribution is 9.10. The molecule has 0 saturated carbocycles. The molecule has 0 unspecified atom stereocenters. The van der Waals surface area contributed by atoms with Gasteiger partial charge < -0.3 is 5.11 Å². The SMILES string of the molecule is O=C(O)c1cccc(NS(=O)(=O)c2sccc2Br)c1. The molecular weight excluding hydrogens is 354 g/mol. The first-order valence-electron chi connectivity index (χ1n) is 4.99. The van der Waals surface area contributed by atoms with Gasteiger partial charge in [0.15, 0.2) is 4.21 Å². The Morgan fingerprint density at radius 3 is 2.63 bits per heavy atom. The second kappa shape index (κ2) is 5.32. The van der Waals surface area contributed by atoms with Gasteiger partial charge in [0.25, 0.3) is 10.0 Å². The van der Waals surface area contributed by atoms with Crippen LogP contribution < -0.4 is 4.72 Å². The Morgan fingerprint density at radius 2 is 2.05 bits per heavy atom. The number of sulfonamides is 1. The summed E-state index contributed by atoms with van der Waals surface area (Å²) in [4.78, 5) is 10.8. The van der Waals surface area contributed by atoms with Gasteiger partial charge in [-0.1, -0.05) is 6.07 Å². The van der Waals surface area contributed by atoms with E-state index in [-0.39, 0.29) is 15.5 Å². The van der Waals surface area contributed by atoms with Crippen LogP contribution >= 0.6 is 27.3 Å². The van der Waals surface area contributed by atoms with Crippen LogP contribution in [-0.4, -0.2) is 19.5 Å². The number of carboxylic acid groups (broad SMARTS) is 1. The Morgan fingerprint density at radius 1 is 1.32 bits per heavy atom. The Labute approximate surface area is 122 Å². The zero-order valence-electron chi connectivity index (χ0n) is 9.33. The van der Waals surface area contributed by atoms with Crippen LogP contribution in [-0.2, 0) is 10.0 Å². The molecule has 0 radical (unpaired) electrons. The quantitative estimate of drug-likeness (QED) is 0.876. The minimum absolute atomic E-state index is 0.0189. The largest absolute Gasteiger partial charge is 0.478 e. The summed E-state index contributed by atoms with van der Waals surface area (Å²) >= 11 is 4.22. The average molecular weight is 362 g/mol. The van der Waals surface area contributed by atoms with Crippen molar-refractivity contribution in [3.63, 3.8) is 0 Å². The third-order valence-corrected chi connectivity index (χ3v) is 6.24. The number of hydrogen-bond donors (Lipinski definition) is 2. The maximum Gasteiger partial charge on any atom is 0.335 e. The normalized spacial score (nSPS) is 11.2. The summed E-state index contributed by atoms with van der Waals surface area (Å²) in [6.45, 7) is 0. The second-order valence-electron chi connectivity index (χ2n) is 3.55. The Bertz CT molecular complexity index is 724. The first kappa shape index (κ1) is 14.0. The molecule has 0 atom stereocenters. The van der Waals surface area contributed by atoms with Crippen molar-refractivity contribution in [3.8, 4) is 0 Å². The van der Waals surface area contributed by atoms with Crippen LogP contribution in [0.15, 0.2) is 44.4 Å². The topological polar surface area (TPSA) is 83.5 Å². The molecule has 2 N–H and O–H groups in total. The van der Waals surface area contributed by atoms with Crippen molar-refractivity contribution < 1.29 is 18.3 Å². The van der Waals surface area contributed by atoms with Gasteiger partial charge in [0.05, 0.1) is 5.56 Å². The zero-order valence-corrected chi connectivity index (χ0v) is 12.5. The third kappa shape index (κ3) is 3.14. The second-order valence-corrected chi connectivity index (χ2v) is 7.20. The van der Waals surface area contributed by atoms with Crippen molar-refractivity contribution in [1.29, 1.82) is 0 Å². The molecule has 8 heteroatoms. The number of carbonyl (C=O) groups is 1. The monoisotopic (exact) mass is 361 g/mol. The third-order valence-electron chi connectivity index (χ3n) is 2.19. The molecule has 2 rings (SSSR count). The molecule has 19 heavy (non-hydrogen) atoms. The molecule has 100 valence electrons. The number of carboxylic acids is 1. The van der Waals surface area contributed by atoms with Crippen LogP contribution in [0.2, 0.25) is 0 Å². The van der Waals surface area contributed by atoms with Gasteiger partial charge in [-0.25, -0.2) is 13.2 Å². The number of nitrogens with one attached hydrogen (secondary N) is 1. The van der Waals surface area contributed by atoms with Crippen LogP contribution in [0, 0.1) is 0 Å². The van der Waals surface area contributed by atoms with E-state index < -0.39 is 16.0 Å². The van der Waals surface area contributed by atoms with E-state index in [0.717, 1.165) is 11.3 Å². The van der Waals surface area contributed by atoms with Gasteiger partial charge in [-0.2, -0.15) is 0 Å². The van der Waals surface area contributed by atoms with E-state index in [4.69, 9.17) is 5.11 Å². The molecule has 2 aromatic rings. The smallest absolute Gasteiger partial charge is 0.335 e. The predicted molar refractivity (Wildman–Crippen MR) is 76.2 cm³/mol. The molecule has 5 nitrogen and oxygen atoms in total. The van der Waals surface area contributed by atoms with E-state index in [1.165, 1.54) is 24.3 Å². The molecule has 1 aromatic carbocycles. The minimum atomic E-state index is -3.71. The first-order valence-corrected chi connectivity index (χ1v) is 8.15. The van der Waals surface area contributed by atoms with Crippen LogP contribution in [0.3, 0.4) is 0 Å². The molecule has 0 spiro atoms. The van der Waals surface area contributed by atoms with Crippen molar-refractivity contribution in [3.05, 3.63) is 45.7 Å². The Balaban J connectivity index is 2.34. The first-order chi connectivity index (χ1) is 8.90. The summed E-state index contributed by atoms with van der Waals surface area (Å²) < 4.78 is 27.1. The van der Waals surface area contributed by atoms with Crippen LogP contribution in [0.5, 0.6) is 0 Å². The summed E-state index contributed by atoms with van der Waals surface area (Å²) in [6, 6.07) is 7.26. The number of aromatic carboxylic acids is 1. The lowest BCUT2D eigenvalue weighted by molar-refractivity contribution is 0.0697. The van der Waals surface area contributed by atoms with Gasteiger partial charge in [0.1, 0.15) is 0 Å². The molecule has 0 aliphatic heterocycles. The fourth-order valence-electron chi connectivity index (χ4n) is 1.39. The summed E-state index contributed by atoms with van der Waals surface area (Å²) in [5.74, 6) is -1.11.